The molecule has 0 aliphatic rings. The van der Waals surface area contributed by atoms with Gasteiger partial charge < -0.3 is 15.0 Å². The molecule has 5 heteroatoms. The second-order valence-electron chi connectivity index (χ2n) is 5.44. The van der Waals surface area contributed by atoms with Crippen molar-refractivity contribution in [2.24, 2.45) is 0 Å². The van der Waals surface area contributed by atoms with Crippen LogP contribution in [0.25, 0.3) is 11.3 Å². The Morgan fingerprint density at radius 3 is 2.73 bits per heavy atom. The first kappa shape index (κ1) is 16.4. The number of benzene rings is 1. The Kier molecular flexibility index (Phi) is 6.30. The highest BCUT2D eigenvalue weighted by atomic mass is 16.5. The number of rotatable bonds is 8. The second kappa shape index (κ2) is 8.46. The van der Waals surface area contributed by atoms with Crippen LogP contribution in [0.5, 0.6) is 5.75 Å². The molecule has 22 heavy (non-hydrogen) atoms. The first-order valence-corrected chi connectivity index (χ1v) is 7.53. The number of aromatic nitrogens is 2. The number of hydrogen-bond acceptors (Lipinski definition) is 5. The van der Waals surface area contributed by atoms with E-state index in [1.165, 1.54) is 0 Å². The van der Waals surface area contributed by atoms with Crippen LogP contribution in [0, 0.1) is 6.92 Å². The molecule has 118 valence electrons. The van der Waals surface area contributed by atoms with E-state index in [1.807, 2.05) is 37.3 Å². The van der Waals surface area contributed by atoms with Crippen LogP contribution in [0.15, 0.2) is 36.7 Å². The third kappa shape index (κ3) is 5.09. The van der Waals surface area contributed by atoms with Crippen LogP contribution in [0.2, 0.25) is 0 Å². The summed E-state index contributed by atoms with van der Waals surface area (Å²) in [5.74, 6) is 0.856. The van der Waals surface area contributed by atoms with Crippen LogP contribution < -0.4 is 10.1 Å². The zero-order valence-electron chi connectivity index (χ0n) is 13.5. The van der Waals surface area contributed by atoms with Gasteiger partial charge in [-0.3, -0.25) is 0 Å². The van der Waals surface area contributed by atoms with Crippen molar-refractivity contribution < 1.29 is 4.74 Å². The second-order valence-corrected chi connectivity index (χ2v) is 5.44. The molecule has 1 aromatic heterocycles. The third-order valence-corrected chi connectivity index (χ3v) is 3.24. The average Bonchev–Trinajstić information content (AvgIpc) is 2.51. The van der Waals surface area contributed by atoms with E-state index in [1.54, 1.807) is 6.33 Å². The molecular formula is C17H24N4O. The molecule has 1 N–H and O–H groups in total. The van der Waals surface area contributed by atoms with Crippen molar-refractivity contribution in [1.29, 1.82) is 0 Å². The van der Waals surface area contributed by atoms with Gasteiger partial charge in [0.1, 0.15) is 18.7 Å². The molecule has 1 aromatic carbocycles. The lowest BCUT2D eigenvalue weighted by atomic mass is 10.1. The summed E-state index contributed by atoms with van der Waals surface area (Å²) in [7, 11) is 4.14. The maximum atomic E-state index is 5.90. The number of ether oxygens (including phenoxy) is 1. The first-order chi connectivity index (χ1) is 10.7. The largest absolute Gasteiger partial charge is 0.492 e. The molecular weight excluding hydrogens is 276 g/mol. The zero-order chi connectivity index (χ0) is 15.8. The van der Waals surface area contributed by atoms with Crippen LogP contribution in [0.4, 0.5) is 0 Å². The monoisotopic (exact) mass is 300 g/mol. The number of hydrogen-bond donors (Lipinski definition) is 1. The van der Waals surface area contributed by atoms with E-state index in [9.17, 15) is 0 Å². The number of para-hydroxylation sites is 1. The van der Waals surface area contributed by atoms with Crippen LogP contribution in [-0.4, -0.2) is 55.2 Å². The zero-order valence-corrected chi connectivity index (χ0v) is 13.5. The molecule has 0 fully saturated rings. The van der Waals surface area contributed by atoms with Crippen molar-refractivity contribution in [1.82, 2.24) is 20.2 Å². The molecule has 2 aromatic rings. The average molecular weight is 300 g/mol. The van der Waals surface area contributed by atoms with Gasteiger partial charge >= 0.3 is 0 Å². The van der Waals surface area contributed by atoms with E-state index < -0.39 is 0 Å². The van der Waals surface area contributed by atoms with E-state index in [4.69, 9.17) is 4.74 Å². The van der Waals surface area contributed by atoms with Gasteiger partial charge in [-0.15, -0.1) is 0 Å². The lowest BCUT2D eigenvalue weighted by Gasteiger charge is -2.13. The standard InChI is InChI=1S/C17H24N4O/c1-14-12-16(20-13-19-14)15-6-4-5-7-17(15)22-11-9-18-8-10-21(2)3/h4-7,12-13,18H,8-11H2,1-3H3. The fourth-order valence-corrected chi connectivity index (χ4v) is 2.07. The molecule has 0 saturated heterocycles. The summed E-state index contributed by atoms with van der Waals surface area (Å²) >= 11 is 0. The van der Waals surface area contributed by atoms with Gasteiger partial charge in [-0.2, -0.15) is 0 Å². The fraction of sp³-hybridized carbons (Fsp3) is 0.412. The Morgan fingerprint density at radius 1 is 1.14 bits per heavy atom. The molecule has 0 spiro atoms. The van der Waals surface area contributed by atoms with Crippen molar-refractivity contribution >= 4 is 0 Å². The maximum absolute atomic E-state index is 5.90. The quantitative estimate of drug-likeness (QED) is 0.756. The summed E-state index contributed by atoms with van der Waals surface area (Å²) in [6.45, 7) is 5.41. The SMILES string of the molecule is Cc1cc(-c2ccccc2OCCNCCN(C)C)ncn1. The van der Waals surface area contributed by atoms with E-state index in [-0.39, 0.29) is 0 Å². The van der Waals surface area contributed by atoms with Crippen molar-refractivity contribution in [2.45, 2.75) is 6.92 Å². The van der Waals surface area contributed by atoms with Gasteiger partial charge in [-0.25, -0.2) is 9.97 Å². The summed E-state index contributed by atoms with van der Waals surface area (Å²) in [4.78, 5) is 10.6. The highest BCUT2D eigenvalue weighted by Gasteiger charge is 2.07. The smallest absolute Gasteiger partial charge is 0.128 e. The van der Waals surface area contributed by atoms with Gasteiger partial charge in [-0.1, -0.05) is 12.1 Å². The van der Waals surface area contributed by atoms with Gasteiger partial charge in [0.25, 0.3) is 0 Å². The van der Waals surface area contributed by atoms with Crippen molar-refractivity contribution in [3.8, 4) is 17.0 Å². The van der Waals surface area contributed by atoms with Crippen LogP contribution >= 0.6 is 0 Å². The Bertz CT molecular complexity index is 586. The van der Waals surface area contributed by atoms with E-state index in [0.29, 0.717) is 6.61 Å². The summed E-state index contributed by atoms with van der Waals surface area (Å²) in [5.41, 5.74) is 2.84. The molecule has 5 nitrogen and oxygen atoms in total. The molecule has 0 aliphatic heterocycles. The van der Waals surface area contributed by atoms with Gasteiger partial charge in [0.05, 0.1) is 5.69 Å². The molecule has 0 radical (unpaired) electrons. The molecule has 1 heterocycles. The number of aryl methyl sites for hydroxylation is 1. The number of nitrogens with zero attached hydrogens (tertiary/aromatic N) is 3. The summed E-state index contributed by atoms with van der Waals surface area (Å²) in [5, 5.41) is 3.36. The van der Waals surface area contributed by atoms with Crippen LogP contribution in [0.1, 0.15) is 5.69 Å². The van der Waals surface area contributed by atoms with Gasteiger partial charge in [0, 0.05) is 30.9 Å². The predicted octanol–water partition coefficient (Wildman–Crippen LogP) is 1.98. The van der Waals surface area contributed by atoms with Crippen molar-refractivity contribution in [3.63, 3.8) is 0 Å². The molecule has 0 unspecified atom stereocenters. The van der Waals surface area contributed by atoms with Crippen LogP contribution in [0.3, 0.4) is 0 Å². The Labute approximate surface area is 132 Å². The molecule has 0 atom stereocenters. The molecule has 0 saturated carbocycles. The van der Waals surface area contributed by atoms with Gasteiger partial charge in [0.15, 0.2) is 0 Å². The lowest BCUT2D eigenvalue weighted by Crippen LogP contribution is -2.29. The van der Waals surface area contributed by atoms with E-state index in [2.05, 4.69) is 34.3 Å². The van der Waals surface area contributed by atoms with E-state index >= 15 is 0 Å². The Morgan fingerprint density at radius 2 is 1.95 bits per heavy atom. The minimum atomic E-state index is 0.633. The predicted molar refractivity (Wildman–Crippen MR) is 89.1 cm³/mol. The lowest BCUT2D eigenvalue weighted by molar-refractivity contribution is 0.309. The van der Waals surface area contributed by atoms with Crippen molar-refractivity contribution in [3.05, 3.63) is 42.4 Å². The molecule has 0 bridgehead atoms. The minimum absolute atomic E-state index is 0.633. The fourth-order valence-electron chi connectivity index (χ4n) is 2.07. The first-order valence-electron chi connectivity index (χ1n) is 7.53. The van der Waals surface area contributed by atoms with Gasteiger partial charge in [0.2, 0.25) is 0 Å². The van der Waals surface area contributed by atoms with Gasteiger partial charge in [-0.05, 0) is 39.2 Å². The summed E-state index contributed by atoms with van der Waals surface area (Å²) in [6, 6.07) is 9.95. The number of likely N-dealkylation sites (N-methyl/N-ethyl adjacent to an activating group) is 1. The summed E-state index contributed by atoms with van der Waals surface area (Å²) in [6.07, 6.45) is 1.59. The van der Waals surface area contributed by atoms with Crippen LogP contribution in [-0.2, 0) is 0 Å². The Hall–Kier alpha value is -1.98. The highest BCUT2D eigenvalue weighted by Crippen LogP contribution is 2.28. The van der Waals surface area contributed by atoms with Crippen molar-refractivity contribution in [2.75, 3.05) is 40.3 Å². The minimum Gasteiger partial charge on any atom is -0.492 e. The number of nitrogens with one attached hydrogen (secondary N) is 1. The molecule has 0 aliphatic carbocycles. The highest BCUT2D eigenvalue weighted by molar-refractivity contribution is 5.66. The normalized spacial score (nSPS) is 10.9. The van der Waals surface area contributed by atoms with E-state index in [0.717, 1.165) is 42.3 Å². The maximum Gasteiger partial charge on any atom is 0.128 e. The summed E-state index contributed by atoms with van der Waals surface area (Å²) < 4.78 is 5.90. The molecule has 2 rings (SSSR count). The third-order valence-electron chi connectivity index (χ3n) is 3.24. The topological polar surface area (TPSA) is 50.3 Å². The molecule has 0 amide bonds. The Balaban J connectivity index is 1.92.